The molecule has 0 saturated heterocycles. The molecule has 106 valence electrons. The van der Waals surface area contributed by atoms with Crippen LogP contribution >= 0.6 is 0 Å². The molecule has 5 heteroatoms. The van der Waals surface area contributed by atoms with Crippen molar-refractivity contribution in [3.8, 4) is 5.75 Å². The minimum Gasteiger partial charge on any atom is -0.497 e. The fraction of sp³-hybridized carbons (Fsp3) is 0.200. The van der Waals surface area contributed by atoms with Crippen LogP contribution in [0.2, 0.25) is 0 Å². The van der Waals surface area contributed by atoms with Gasteiger partial charge in [0.2, 0.25) is 9.84 Å². The third-order valence-electron chi connectivity index (χ3n) is 3.00. The molecule has 1 N–H and O–H groups in total. The van der Waals surface area contributed by atoms with E-state index in [1.165, 1.54) is 0 Å². The number of sulfone groups is 1. The van der Waals surface area contributed by atoms with E-state index in [1.54, 1.807) is 50.6 Å². The molecular weight excluding hydrogens is 274 g/mol. The first-order valence-corrected chi connectivity index (χ1v) is 7.69. The molecule has 0 aliphatic rings. The second kappa shape index (κ2) is 6.07. The van der Waals surface area contributed by atoms with E-state index in [-0.39, 0.29) is 4.90 Å². The minimum absolute atomic E-state index is 0.266. The first-order valence-electron chi connectivity index (χ1n) is 6.21. The van der Waals surface area contributed by atoms with Crippen LogP contribution in [0.25, 0.3) is 0 Å². The maximum absolute atomic E-state index is 12.7. The second-order valence-corrected chi connectivity index (χ2v) is 6.24. The Morgan fingerprint density at radius 3 is 2.30 bits per heavy atom. The molecule has 0 amide bonds. The second-order valence-electron chi connectivity index (χ2n) is 4.32. The zero-order valence-electron chi connectivity index (χ0n) is 11.5. The molecule has 0 aliphatic heterocycles. The van der Waals surface area contributed by atoms with Gasteiger partial charge in [-0.05, 0) is 42.9 Å². The van der Waals surface area contributed by atoms with Gasteiger partial charge in [-0.2, -0.15) is 0 Å². The van der Waals surface area contributed by atoms with Crippen LogP contribution in [0, 0.1) is 0 Å². The van der Waals surface area contributed by atoms with Crippen molar-refractivity contribution in [1.29, 1.82) is 0 Å². The summed E-state index contributed by atoms with van der Waals surface area (Å²) in [5.74, 6) is 0.632. The van der Waals surface area contributed by atoms with Gasteiger partial charge in [-0.3, -0.25) is 0 Å². The van der Waals surface area contributed by atoms with Gasteiger partial charge in [-0.25, -0.2) is 8.42 Å². The number of nitrogens with one attached hydrogen (secondary N) is 1. The zero-order chi connectivity index (χ0) is 14.6. The van der Waals surface area contributed by atoms with Crippen LogP contribution in [0.5, 0.6) is 5.75 Å². The summed E-state index contributed by atoms with van der Waals surface area (Å²) in [5, 5.41) is 2.98. The van der Waals surface area contributed by atoms with Crippen molar-refractivity contribution in [1.82, 2.24) is 5.32 Å². The number of ether oxygens (including phenoxy) is 1. The fourth-order valence-electron chi connectivity index (χ4n) is 1.98. The van der Waals surface area contributed by atoms with E-state index in [1.807, 2.05) is 12.1 Å². The van der Waals surface area contributed by atoms with Crippen molar-refractivity contribution in [2.24, 2.45) is 0 Å². The lowest BCUT2D eigenvalue weighted by atomic mass is 10.2. The summed E-state index contributed by atoms with van der Waals surface area (Å²) in [6.45, 7) is 0.506. The highest BCUT2D eigenvalue weighted by Gasteiger charge is 2.20. The predicted molar refractivity (Wildman–Crippen MR) is 77.7 cm³/mol. The number of hydrogen-bond donors (Lipinski definition) is 1. The molecule has 0 aliphatic carbocycles. The van der Waals surface area contributed by atoms with Crippen molar-refractivity contribution < 1.29 is 13.2 Å². The lowest BCUT2D eigenvalue weighted by Gasteiger charge is -2.10. The topological polar surface area (TPSA) is 55.4 Å². The Balaban J connectivity index is 2.49. The van der Waals surface area contributed by atoms with Crippen molar-refractivity contribution >= 4 is 9.84 Å². The van der Waals surface area contributed by atoms with Gasteiger partial charge < -0.3 is 10.1 Å². The highest BCUT2D eigenvalue weighted by molar-refractivity contribution is 7.91. The van der Waals surface area contributed by atoms with E-state index in [0.29, 0.717) is 17.2 Å². The standard InChI is InChI=1S/C15H17NO3S/c1-16-11-12-5-3-4-6-15(12)20(17,18)14-9-7-13(19-2)8-10-14/h3-10,16H,11H2,1-2H3. The van der Waals surface area contributed by atoms with Crippen LogP contribution in [0.1, 0.15) is 5.56 Å². The maximum atomic E-state index is 12.7. The van der Waals surface area contributed by atoms with Gasteiger partial charge in [0.05, 0.1) is 16.9 Å². The Morgan fingerprint density at radius 2 is 1.70 bits per heavy atom. The Kier molecular flexibility index (Phi) is 4.42. The van der Waals surface area contributed by atoms with E-state index in [4.69, 9.17) is 4.74 Å². The molecule has 2 rings (SSSR count). The molecule has 0 aromatic heterocycles. The molecule has 2 aromatic carbocycles. The fourth-order valence-corrected chi connectivity index (χ4v) is 3.48. The number of hydrogen-bond acceptors (Lipinski definition) is 4. The van der Waals surface area contributed by atoms with E-state index in [9.17, 15) is 8.42 Å². The molecule has 0 radical (unpaired) electrons. The highest BCUT2D eigenvalue weighted by Crippen LogP contribution is 2.25. The molecule has 0 heterocycles. The maximum Gasteiger partial charge on any atom is 0.206 e. The predicted octanol–water partition coefficient (Wildman–Crippen LogP) is 2.25. The summed E-state index contributed by atoms with van der Waals surface area (Å²) < 4.78 is 30.4. The molecule has 20 heavy (non-hydrogen) atoms. The number of methoxy groups -OCH3 is 1. The lowest BCUT2D eigenvalue weighted by molar-refractivity contribution is 0.414. The molecule has 0 fully saturated rings. The van der Waals surface area contributed by atoms with Crippen LogP contribution in [0.4, 0.5) is 0 Å². The molecule has 0 atom stereocenters. The molecule has 4 nitrogen and oxygen atoms in total. The normalized spacial score (nSPS) is 11.3. The van der Waals surface area contributed by atoms with Crippen LogP contribution in [-0.4, -0.2) is 22.6 Å². The highest BCUT2D eigenvalue weighted by atomic mass is 32.2. The van der Waals surface area contributed by atoms with Crippen LogP contribution in [0.3, 0.4) is 0 Å². The lowest BCUT2D eigenvalue weighted by Crippen LogP contribution is -2.11. The molecular formula is C15H17NO3S. The summed E-state index contributed by atoms with van der Waals surface area (Å²) in [5.41, 5.74) is 0.755. The van der Waals surface area contributed by atoms with Crippen LogP contribution in [0.15, 0.2) is 58.3 Å². The van der Waals surface area contributed by atoms with Crippen molar-refractivity contribution in [3.63, 3.8) is 0 Å². The Morgan fingerprint density at radius 1 is 1.05 bits per heavy atom. The first kappa shape index (κ1) is 14.6. The Hall–Kier alpha value is -1.85. The van der Waals surface area contributed by atoms with Gasteiger partial charge in [0.25, 0.3) is 0 Å². The average molecular weight is 291 g/mol. The van der Waals surface area contributed by atoms with Crippen LogP contribution < -0.4 is 10.1 Å². The molecule has 0 saturated carbocycles. The molecule has 0 spiro atoms. The Bertz CT molecular complexity index is 679. The summed E-state index contributed by atoms with van der Waals surface area (Å²) in [7, 11) is -0.177. The molecule has 0 bridgehead atoms. The minimum atomic E-state index is -3.51. The average Bonchev–Trinajstić information content (AvgIpc) is 2.48. The van der Waals surface area contributed by atoms with Gasteiger partial charge in [0.1, 0.15) is 5.75 Å². The number of rotatable bonds is 5. The summed E-state index contributed by atoms with van der Waals surface area (Å²) >= 11 is 0. The van der Waals surface area contributed by atoms with Crippen molar-refractivity contribution in [2.75, 3.05) is 14.2 Å². The quantitative estimate of drug-likeness (QED) is 0.918. The van der Waals surface area contributed by atoms with Gasteiger partial charge >= 0.3 is 0 Å². The summed E-state index contributed by atoms with van der Waals surface area (Å²) in [6.07, 6.45) is 0. The third-order valence-corrected chi connectivity index (χ3v) is 4.87. The monoisotopic (exact) mass is 291 g/mol. The smallest absolute Gasteiger partial charge is 0.206 e. The van der Waals surface area contributed by atoms with E-state index < -0.39 is 9.84 Å². The van der Waals surface area contributed by atoms with Gasteiger partial charge in [-0.1, -0.05) is 18.2 Å². The molecule has 0 unspecified atom stereocenters. The van der Waals surface area contributed by atoms with E-state index >= 15 is 0 Å². The van der Waals surface area contributed by atoms with Gasteiger partial charge in [0, 0.05) is 6.54 Å². The summed E-state index contributed by atoms with van der Waals surface area (Å²) in [4.78, 5) is 0.598. The Labute approximate surface area is 119 Å². The van der Waals surface area contributed by atoms with Crippen molar-refractivity contribution in [2.45, 2.75) is 16.3 Å². The largest absolute Gasteiger partial charge is 0.497 e. The molecule has 2 aromatic rings. The van der Waals surface area contributed by atoms with Crippen molar-refractivity contribution in [3.05, 3.63) is 54.1 Å². The first-order chi connectivity index (χ1) is 9.59. The van der Waals surface area contributed by atoms with Gasteiger partial charge in [-0.15, -0.1) is 0 Å². The van der Waals surface area contributed by atoms with Crippen LogP contribution in [-0.2, 0) is 16.4 Å². The van der Waals surface area contributed by atoms with Gasteiger partial charge in [0.15, 0.2) is 0 Å². The van der Waals surface area contributed by atoms with E-state index in [2.05, 4.69) is 5.32 Å². The third kappa shape index (κ3) is 2.84. The zero-order valence-corrected chi connectivity index (χ0v) is 12.3. The SMILES string of the molecule is CNCc1ccccc1S(=O)(=O)c1ccc(OC)cc1. The van der Waals surface area contributed by atoms with E-state index in [0.717, 1.165) is 5.56 Å². The summed E-state index contributed by atoms with van der Waals surface area (Å²) in [6, 6.07) is 13.4. The number of benzene rings is 2.